The van der Waals surface area contributed by atoms with Gasteiger partial charge >= 0.3 is 5.97 Å². The highest BCUT2D eigenvalue weighted by molar-refractivity contribution is 7.91. The van der Waals surface area contributed by atoms with Crippen molar-refractivity contribution < 1.29 is 17.9 Å². The molecule has 0 N–H and O–H groups in total. The number of carbonyl (C=O) groups is 1. The van der Waals surface area contributed by atoms with Crippen molar-refractivity contribution in [2.45, 2.75) is 51.0 Å². The molecule has 0 saturated heterocycles. The van der Waals surface area contributed by atoms with E-state index in [1.165, 1.54) is 6.08 Å². The smallest absolute Gasteiger partial charge is 0.338 e. The molecule has 3 atom stereocenters. The van der Waals surface area contributed by atoms with Crippen molar-refractivity contribution in [3.63, 3.8) is 0 Å². The zero-order valence-corrected chi connectivity index (χ0v) is 16.4. The summed E-state index contributed by atoms with van der Waals surface area (Å²) in [5.74, 6) is -0.0661. The number of ether oxygens (including phenoxy) is 1. The molecular formula is C21H26O4S. The number of hydrogen-bond donors (Lipinski definition) is 0. The van der Waals surface area contributed by atoms with E-state index < -0.39 is 21.2 Å². The highest BCUT2D eigenvalue weighted by atomic mass is 32.2. The molecule has 2 bridgehead atoms. The molecule has 3 rings (SSSR count). The van der Waals surface area contributed by atoms with Crippen LogP contribution in [0.1, 0.15) is 40.0 Å². The maximum absolute atomic E-state index is 13.1. The van der Waals surface area contributed by atoms with Crippen molar-refractivity contribution in [1.29, 1.82) is 0 Å². The van der Waals surface area contributed by atoms with Crippen LogP contribution in [0, 0.1) is 16.7 Å². The topological polar surface area (TPSA) is 60.4 Å². The van der Waals surface area contributed by atoms with Gasteiger partial charge in [-0.1, -0.05) is 32.0 Å². The molecule has 4 nitrogen and oxygen atoms in total. The number of hydrogen-bond acceptors (Lipinski definition) is 4. The molecule has 26 heavy (non-hydrogen) atoms. The lowest BCUT2D eigenvalue weighted by molar-refractivity contribution is -0.150. The summed E-state index contributed by atoms with van der Waals surface area (Å²) >= 11 is 0. The number of sulfone groups is 1. The van der Waals surface area contributed by atoms with Crippen LogP contribution in [0.4, 0.5) is 0 Å². The van der Waals surface area contributed by atoms with Crippen molar-refractivity contribution in [2.24, 2.45) is 16.7 Å². The highest BCUT2D eigenvalue weighted by Gasteiger charge is 2.66. The van der Waals surface area contributed by atoms with Crippen molar-refractivity contribution in [3.8, 4) is 0 Å². The van der Waals surface area contributed by atoms with Crippen molar-refractivity contribution in [3.05, 3.63) is 48.2 Å². The molecule has 0 spiro atoms. The lowest BCUT2D eigenvalue weighted by Crippen LogP contribution is -2.46. The van der Waals surface area contributed by atoms with Gasteiger partial charge in [0.15, 0.2) is 9.84 Å². The Morgan fingerprint density at radius 1 is 1.31 bits per heavy atom. The van der Waals surface area contributed by atoms with E-state index in [-0.39, 0.29) is 17.3 Å². The van der Waals surface area contributed by atoms with Crippen LogP contribution in [0.5, 0.6) is 0 Å². The van der Waals surface area contributed by atoms with E-state index in [1.807, 2.05) is 0 Å². The quantitative estimate of drug-likeness (QED) is 0.445. The van der Waals surface area contributed by atoms with E-state index >= 15 is 0 Å². The fraction of sp³-hybridized carbons (Fsp3) is 0.524. The highest BCUT2D eigenvalue weighted by Crippen LogP contribution is 2.67. The van der Waals surface area contributed by atoms with Gasteiger partial charge in [0.2, 0.25) is 0 Å². The average Bonchev–Trinajstić information content (AvgIpc) is 2.95. The molecule has 0 aliphatic heterocycles. The van der Waals surface area contributed by atoms with E-state index in [1.54, 1.807) is 43.3 Å². The Bertz CT molecular complexity index is 847. The standard InChI is InChI=1S/C21H26O4S/c1-4-5-11-19(22)25-18-14-16-12-13-21(18,20(16,2)3)15-26(23,24)17-9-7-6-8-10-17/h4,6-11,16,18H,12-15H2,1-3H3. The summed E-state index contributed by atoms with van der Waals surface area (Å²) in [6.07, 6.45) is 5.02. The summed E-state index contributed by atoms with van der Waals surface area (Å²) in [6.45, 7) is 6.03. The maximum atomic E-state index is 13.1. The zero-order valence-electron chi connectivity index (χ0n) is 15.6. The molecule has 2 fully saturated rings. The molecule has 0 radical (unpaired) electrons. The van der Waals surface area contributed by atoms with Crippen molar-refractivity contribution in [1.82, 2.24) is 0 Å². The number of carbonyl (C=O) groups excluding carboxylic acids is 1. The molecule has 1 aromatic carbocycles. The van der Waals surface area contributed by atoms with Crippen LogP contribution < -0.4 is 0 Å². The van der Waals surface area contributed by atoms with E-state index in [0.29, 0.717) is 10.8 Å². The minimum absolute atomic E-state index is 0.0127. The normalized spacial score (nSPS) is 29.0. The molecule has 0 heterocycles. The summed E-state index contributed by atoms with van der Waals surface area (Å²) in [7, 11) is -3.47. The molecule has 3 unspecified atom stereocenters. The summed E-state index contributed by atoms with van der Waals surface area (Å²) in [6, 6.07) is 8.55. The van der Waals surface area contributed by atoms with Crippen molar-refractivity contribution >= 4 is 15.8 Å². The van der Waals surface area contributed by atoms with Crippen LogP contribution in [-0.4, -0.2) is 26.2 Å². The second kappa shape index (κ2) is 6.71. The molecule has 2 aliphatic rings. The first-order valence-electron chi connectivity index (χ1n) is 9.08. The summed E-state index contributed by atoms with van der Waals surface area (Å²) in [5.41, 5.74) is 1.99. The van der Waals surface area contributed by atoms with Gasteiger partial charge < -0.3 is 4.74 Å². The fourth-order valence-corrected chi connectivity index (χ4v) is 7.00. The molecule has 0 amide bonds. The largest absolute Gasteiger partial charge is 0.458 e. The van der Waals surface area contributed by atoms with Gasteiger partial charge in [-0.15, -0.1) is 5.73 Å². The molecule has 2 saturated carbocycles. The average molecular weight is 375 g/mol. The molecule has 0 aromatic heterocycles. The van der Waals surface area contributed by atoms with Gasteiger partial charge in [-0.2, -0.15) is 0 Å². The summed E-state index contributed by atoms with van der Waals surface area (Å²) in [5, 5.41) is 0. The Labute approximate surface area is 155 Å². The first-order valence-corrected chi connectivity index (χ1v) is 10.7. The minimum Gasteiger partial charge on any atom is -0.458 e. The molecule has 5 heteroatoms. The lowest BCUT2D eigenvalue weighted by Gasteiger charge is -2.41. The Morgan fingerprint density at radius 3 is 2.62 bits per heavy atom. The zero-order chi connectivity index (χ0) is 19.0. The predicted octanol–water partition coefficient (Wildman–Crippen LogP) is 3.93. The number of rotatable bonds is 5. The van der Waals surface area contributed by atoms with Crippen LogP contribution in [0.2, 0.25) is 0 Å². The monoisotopic (exact) mass is 374 g/mol. The van der Waals surface area contributed by atoms with Crippen LogP contribution in [0.25, 0.3) is 0 Å². The minimum atomic E-state index is -3.47. The molecule has 140 valence electrons. The van der Waals surface area contributed by atoms with Crippen LogP contribution in [0.15, 0.2) is 53.1 Å². The van der Waals surface area contributed by atoms with E-state index in [4.69, 9.17) is 4.74 Å². The third-order valence-corrected chi connectivity index (χ3v) is 8.42. The fourth-order valence-electron chi connectivity index (χ4n) is 4.88. The van der Waals surface area contributed by atoms with Gasteiger partial charge in [-0.05, 0) is 55.7 Å². The van der Waals surface area contributed by atoms with Gasteiger partial charge in [0.25, 0.3) is 0 Å². The Hall–Kier alpha value is -1.84. The third-order valence-electron chi connectivity index (χ3n) is 6.53. The van der Waals surface area contributed by atoms with Gasteiger partial charge in [0.1, 0.15) is 6.10 Å². The predicted molar refractivity (Wildman–Crippen MR) is 100 cm³/mol. The van der Waals surface area contributed by atoms with Crippen molar-refractivity contribution in [2.75, 3.05) is 5.75 Å². The van der Waals surface area contributed by atoms with Gasteiger partial charge in [0, 0.05) is 5.41 Å². The summed E-state index contributed by atoms with van der Waals surface area (Å²) in [4.78, 5) is 12.4. The lowest BCUT2D eigenvalue weighted by atomic mass is 9.69. The van der Waals surface area contributed by atoms with Crippen LogP contribution in [0.3, 0.4) is 0 Å². The first kappa shape index (κ1) is 18.9. The van der Waals surface area contributed by atoms with Gasteiger partial charge in [0.05, 0.1) is 16.7 Å². The Balaban J connectivity index is 1.94. The van der Waals surface area contributed by atoms with Gasteiger partial charge in [-0.3, -0.25) is 0 Å². The third kappa shape index (κ3) is 3.04. The van der Waals surface area contributed by atoms with E-state index in [0.717, 1.165) is 19.3 Å². The maximum Gasteiger partial charge on any atom is 0.338 e. The van der Waals surface area contributed by atoms with Crippen LogP contribution >= 0.6 is 0 Å². The van der Waals surface area contributed by atoms with E-state index in [9.17, 15) is 13.2 Å². The summed E-state index contributed by atoms with van der Waals surface area (Å²) < 4.78 is 31.9. The number of esters is 1. The van der Waals surface area contributed by atoms with Crippen LogP contribution in [-0.2, 0) is 19.4 Å². The molecule has 2 aliphatic carbocycles. The Morgan fingerprint density at radius 2 is 2.00 bits per heavy atom. The van der Waals surface area contributed by atoms with E-state index in [2.05, 4.69) is 19.6 Å². The second-order valence-corrected chi connectivity index (χ2v) is 9.94. The number of benzene rings is 1. The first-order chi connectivity index (χ1) is 12.2. The Kier molecular flexibility index (Phi) is 4.89. The molecule has 1 aromatic rings. The second-order valence-electron chi connectivity index (χ2n) is 7.95. The van der Waals surface area contributed by atoms with Gasteiger partial charge in [-0.25, -0.2) is 13.2 Å². The SMILES string of the molecule is CC=C=CC(=O)OC1CC2CCC1(CS(=O)(=O)c1ccccc1)C2(C)C. The molecular weight excluding hydrogens is 348 g/mol. The number of fused-ring (bicyclic) bond motifs is 2.